The molecule has 0 bridgehead atoms. The van der Waals surface area contributed by atoms with E-state index in [1.54, 1.807) is 6.08 Å². The van der Waals surface area contributed by atoms with Crippen molar-refractivity contribution in [2.24, 2.45) is 0 Å². The molecule has 0 saturated carbocycles. The third-order valence-corrected chi connectivity index (χ3v) is 8.57. The van der Waals surface area contributed by atoms with Crippen molar-refractivity contribution >= 4 is 27.2 Å². The van der Waals surface area contributed by atoms with Gasteiger partial charge in [0.1, 0.15) is 0 Å². The molecule has 0 aromatic heterocycles. The summed E-state index contributed by atoms with van der Waals surface area (Å²) in [4.78, 5) is 27.2. The standard InChI is InChI=1S/C24H28N4O5S/c1-24(2)19-8-4-5-9-20(19)25(3)23(24)16-18(29)17-26-12-14-27(15-13-26)34(32,33)22-11-7-6-10-21(22)28(30)31/h4-11,16H,12-15,17H2,1-3H3/b23-16-. The Labute approximate surface area is 199 Å². The molecule has 4 rings (SSSR count). The molecule has 1 fully saturated rings. The molecule has 0 spiro atoms. The molecule has 180 valence electrons. The first-order valence-corrected chi connectivity index (χ1v) is 12.5. The minimum Gasteiger partial charge on any atom is -0.347 e. The van der Waals surface area contributed by atoms with Crippen LogP contribution in [0.3, 0.4) is 0 Å². The number of sulfonamides is 1. The topological polar surface area (TPSA) is 104 Å². The molecule has 0 N–H and O–H groups in total. The Morgan fingerprint density at radius 2 is 1.68 bits per heavy atom. The molecule has 2 aliphatic heterocycles. The molecular formula is C24H28N4O5S. The molecule has 0 radical (unpaired) electrons. The first kappa shape index (κ1) is 24.1. The molecule has 0 amide bonds. The lowest BCUT2D eigenvalue weighted by atomic mass is 9.83. The number of carbonyl (C=O) groups excluding carboxylic acids is 1. The van der Waals surface area contributed by atoms with Crippen molar-refractivity contribution in [3.8, 4) is 0 Å². The van der Waals surface area contributed by atoms with Gasteiger partial charge in [0.25, 0.3) is 5.69 Å². The highest BCUT2D eigenvalue weighted by atomic mass is 32.2. The molecule has 2 aromatic rings. The number of nitro benzene ring substituents is 1. The van der Waals surface area contributed by atoms with Crippen LogP contribution in [0, 0.1) is 10.1 Å². The van der Waals surface area contributed by atoms with E-state index >= 15 is 0 Å². The summed E-state index contributed by atoms with van der Waals surface area (Å²) in [7, 11) is -2.04. The van der Waals surface area contributed by atoms with Crippen LogP contribution >= 0.6 is 0 Å². The number of fused-ring (bicyclic) bond motifs is 1. The molecule has 0 unspecified atom stereocenters. The maximum absolute atomic E-state index is 13.0. The minimum atomic E-state index is -4.00. The third kappa shape index (κ3) is 4.24. The SMILES string of the molecule is CN1/C(=C\C(=O)CN2CCN(S(=O)(=O)c3ccccc3[N+](=O)[O-])CC2)C(C)(C)c2ccccc21. The highest BCUT2D eigenvalue weighted by Crippen LogP contribution is 2.46. The fourth-order valence-electron chi connectivity index (χ4n) is 4.77. The lowest BCUT2D eigenvalue weighted by Crippen LogP contribution is -2.49. The van der Waals surface area contributed by atoms with Crippen LogP contribution in [0.5, 0.6) is 0 Å². The zero-order valence-electron chi connectivity index (χ0n) is 19.5. The predicted octanol–water partition coefficient (Wildman–Crippen LogP) is 2.78. The minimum absolute atomic E-state index is 0.0438. The van der Waals surface area contributed by atoms with Gasteiger partial charge in [0.05, 0.1) is 11.5 Å². The molecule has 1 saturated heterocycles. The van der Waals surface area contributed by atoms with Gasteiger partial charge in [0, 0.05) is 62.2 Å². The van der Waals surface area contributed by atoms with E-state index in [9.17, 15) is 23.3 Å². The van der Waals surface area contributed by atoms with E-state index in [0.717, 1.165) is 11.4 Å². The second-order valence-electron chi connectivity index (χ2n) is 9.10. The van der Waals surface area contributed by atoms with Gasteiger partial charge in [0.2, 0.25) is 10.0 Å². The summed E-state index contributed by atoms with van der Waals surface area (Å²) in [6.07, 6.45) is 1.69. The van der Waals surface area contributed by atoms with Gasteiger partial charge >= 0.3 is 0 Å². The molecule has 2 aliphatic rings. The van der Waals surface area contributed by atoms with E-state index in [4.69, 9.17) is 0 Å². The monoisotopic (exact) mass is 484 g/mol. The number of ketones is 1. The molecule has 9 nitrogen and oxygen atoms in total. The van der Waals surface area contributed by atoms with Crippen LogP contribution < -0.4 is 4.90 Å². The van der Waals surface area contributed by atoms with Crippen LogP contribution in [0.1, 0.15) is 19.4 Å². The molecule has 10 heteroatoms. The smallest absolute Gasteiger partial charge is 0.289 e. The molecule has 2 aromatic carbocycles. The third-order valence-electron chi connectivity index (χ3n) is 6.63. The van der Waals surface area contributed by atoms with Gasteiger partial charge in [-0.3, -0.25) is 19.8 Å². The van der Waals surface area contributed by atoms with E-state index in [1.165, 1.54) is 34.1 Å². The summed E-state index contributed by atoms with van der Waals surface area (Å²) in [5.74, 6) is -0.0438. The number of nitrogens with zero attached hydrogens (tertiary/aromatic N) is 4. The van der Waals surface area contributed by atoms with Gasteiger partial charge < -0.3 is 4.90 Å². The second kappa shape index (κ2) is 8.94. The van der Waals surface area contributed by atoms with Crippen molar-refractivity contribution in [3.05, 3.63) is 76.0 Å². The Morgan fingerprint density at radius 3 is 2.32 bits per heavy atom. The Bertz CT molecular complexity index is 1260. The van der Waals surface area contributed by atoms with Crippen molar-refractivity contribution in [2.75, 3.05) is 44.7 Å². The average Bonchev–Trinajstić information content (AvgIpc) is 3.00. The van der Waals surface area contributed by atoms with Gasteiger partial charge in [-0.15, -0.1) is 0 Å². The van der Waals surface area contributed by atoms with E-state index in [1.807, 2.05) is 35.0 Å². The van der Waals surface area contributed by atoms with Gasteiger partial charge in [-0.1, -0.05) is 44.2 Å². The summed E-state index contributed by atoms with van der Waals surface area (Å²) in [5, 5.41) is 11.3. The summed E-state index contributed by atoms with van der Waals surface area (Å²) in [5.41, 5.74) is 2.45. The lowest BCUT2D eigenvalue weighted by Gasteiger charge is -2.33. The number of para-hydroxylation sites is 2. The molecular weight excluding hydrogens is 456 g/mol. The van der Waals surface area contributed by atoms with Crippen molar-refractivity contribution in [1.82, 2.24) is 9.21 Å². The van der Waals surface area contributed by atoms with E-state index in [-0.39, 0.29) is 35.7 Å². The first-order valence-electron chi connectivity index (χ1n) is 11.1. The Kier molecular flexibility index (Phi) is 6.32. The van der Waals surface area contributed by atoms with Crippen LogP contribution in [0.4, 0.5) is 11.4 Å². The Hall–Kier alpha value is -3.08. The normalized spacial score (nSPS) is 19.9. The van der Waals surface area contributed by atoms with Crippen molar-refractivity contribution < 1.29 is 18.1 Å². The van der Waals surface area contributed by atoms with Crippen LogP contribution in [-0.2, 0) is 20.2 Å². The lowest BCUT2D eigenvalue weighted by molar-refractivity contribution is -0.387. The van der Waals surface area contributed by atoms with Gasteiger partial charge in [-0.25, -0.2) is 8.42 Å². The average molecular weight is 485 g/mol. The number of likely N-dealkylation sites (N-methyl/N-ethyl adjacent to an activating group) is 1. The number of anilines is 1. The first-order chi connectivity index (χ1) is 16.0. The number of nitro groups is 1. The van der Waals surface area contributed by atoms with E-state index in [2.05, 4.69) is 19.9 Å². The maximum atomic E-state index is 13.0. The fourth-order valence-corrected chi connectivity index (χ4v) is 6.35. The number of hydrogen-bond acceptors (Lipinski definition) is 7. The van der Waals surface area contributed by atoms with Crippen molar-refractivity contribution in [1.29, 1.82) is 0 Å². The van der Waals surface area contributed by atoms with Gasteiger partial charge in [-0.05, 0) is 17.7 Å². The number of rotatable bonds is 6. The summed E-state index contributed by atoms with van der Waals surface area (Å²) < 4.78 is 27.3. The van der Waals surface area contributed by atoms with Gasteiger partial charge in [-0.2, -0.15) is 4.31 Å². The molecule has 34 heavy (non-hydrogen) atoms. The Morgan fingerprint density at radius 1 is 1.06 bits per heavy atom. The molecule has 0 atom stereocenters. The largest absolute Gasteiger partial charge is 0.347 e. The summed E-state index contributed by atoms with van der Waals surface area (Å²) in [6, 6.07) is 13.5. The van der Waals surface area contributed by atoms with Crippen LogP contribution in [0.2, 0.25) is 0 Å². The van der Waals surface area contributed by atoms with E-state index < -0.39 is 20.6 Å². The highest BCUT2D eigenvalue weighted by Gasteiger charge is 2.39. The maximum Gasteiger partial charge on any atom is 0.289 e. The molecule has 2 heterocycles. The number of piperazine rings is 1. The number of allylic oxidation sites excluding steroid dienone is 1. The quantitative estimate of drug-likeness (QED) is 0.353. The molecule has 0 aliphatic carbocycles. The zero-order valence-corrected chi connectivity index (χ0v) is 20.3. The van der Waals surface area contributed by atoms with Gasteiger partial charge in [0.15, 0.2) is 10.7 Å². The number of benzene rings is 2. The summed E-state index contributed by atoms with van der Waals surface area (Å²) >= 11 is 0. The van der Waals surface area contributed by atoms with Crippen LogP contribution in [0.15, 0.2) is 65.2 Å². The summed E-state index contributed by atoms with van der Waals surface area (Å²) in [6.45, 7) is 5.44. The number of carbonyl (C=O) groups is 1. The van der Waals surface area contributed by atoms with Crippen LogP contribution in [-0.4, -0.2) is 68.1 Å². The Balaban J connectivity index is 1.42. The van der Waals surface area contributed by atoms with Crippen molar-refractivity contribution in [2.45, 2.75) is 24.2 Å². The highest BCUT2D eigenvalue weighted by molar-refractivity contribution is 7.89. The fraction of sp³-hybridized carbons (Fsp3) is 0.375. The second-order valence-corrected chi connectivity index (χ2v) is 11.0. The van der Waals surface area contributed by atoms with E-state index in [0.29, 0.717) is 13.1 Å². The predicted molar refractivity (Wildman–Crippen MR) is 129 cm³/mol. The van der Waals surface area contributed by atoms with Crippen LogP contribution in [0.25, 0.3) is 0 Å². The zero-order chi connectivity index (χ0) is 24.7. The van der Waals surface area contributed by atoms with Crippen molar-refractivity contribution in [3.63, 3.8) is 0 Å². The number of hydrogen-bond donors (Lipinski definition) is 0.